The van der Waals surface area contributed by atoms with E-state index in [0.29, 0.717) is 6.54 Å². The van der Waals surface area contributed by atoms with Crippen molar-refractivity contribution in [3.63, 3.8) is 0 Å². The van der Waals surface area contributed by atoms with Gasteiger partial charge in [0.15, 0.2) is 0 Å². The summed E-state index contributed by atoms with van der Waals surface area (Å²) in [6.07, 6.45) is -0.689. The molecule has 4 nitrogen and oxygen atoms in total. The van der Waals surface area contributed by atoms with Crippen LogP contribution in [0, 0.1) is 0 Å². The highest BCUT2D eigenvalue weighted by molar-refractivity contribution is 5.69. The molecule has 0 heterocycles. The zero-order chi connectivity index (χ0) is 12.0. The van der Waals surface area contributed by atoms with Crippen molar-refractivity contribution in [3.05, 3.63) is 30.3 Å². The zero-order valence-electron chi connectivity index (χ0n) is 9.59. The number of benzene rings is 1. The van der Waals surface area contributed by atoms with Crippen molar-refractivity contribution in [3.8, 4) is 0 Å². The molecule has 0 saturated carbocycles. The van der Waals surface area contributed by atoms with Gasteiger partial charge in [0, 0.05) is 19.3 Å². The summed E-state index contributed by atoms with van der Waals surface area (Å²) in [5, 5.41) is 9.64. The van der Waals surface area contributed by atoms with Crippen molar-refractivity contribution >= 4 is 11.7 Å². The Bertz CT molecular complexity index is 326. The van der Waals surface area contributed by atoms with Crippen LogP contribution in [0.3, 0.4) is 0 Å². The maximum atomic E-state index is 10.9. The first kappa shape index (κ1) is 12.5. The first-order chi connectivity index (χ1) is 7.63. The summed E-state index contributed by atoms with van der Waals surface area (Å²) in [7, 11) is 3.19. The number of carbonyl (C=O) groups is 1. The van der Waals surface area contributed by atoms with Crippen LogP contribution < -0.4 is 4.90 Å². The summed E-state index contributed by atoms with van der Waals surface area (Å²) < 4.78 is 4.49. The Morgan fingerprint density at radius 2 is 2.06 bits per heavy atom. The third-order valence-electron chi connectivity index (χ3n) is 2.31. The summed E-state index contributed by atoms with van der Waals surface area (Å²) in [6, 6.07) is 9.69. The highest BCUT2D eigenvalue weighted by Gasteiger charge is 2.13. The van der Waals surface area contributed by atoms with E-state index in [1.807, 2.05) is 42.3 Å². The van der Waals surface area contributed by atoms with Gasteiger partial charge in [0.1, 0.15) is 0 Å². The molecular formula is C12H17NO3. The molecule has 0 fully saturated rings. The molecular weight excluding hydrogens is 206 g/mol. The summed E-state index contributed by atoms with van der Waals surface area (Å²) >= 11 is 0. The lowest BCUT2D eigenvalue weighted by Gasteiger charge is -2.22. The lowest BCUT2D eigenvalue weighted by Crippen LogP contribution is -2.30. The molecule has 0 amide bonds. The second-order valence-corrected chi connectivity index (χ2v) is 3.65. The molecule has 1 aromatic rings. The monoisotopic (exact) mass is 223 g/mol. The number of anilines is 1. The van der Waals surface area contributed by atoms with Gasteiger partial charge in [-0.25, -0.2) is 0 Å². The van der Waals surface area contributed by atoms with Gasteiger partial charge in [-0.3, -0.25) is 4.79 Å². The first-order valence-electron chi connectivity index (χ1n) is 5.14. The third kappa shape index (κ3) is 3.90. The van der Waals surface area contributed by atoms with Gasteiger partial charge in [0.2, 0.25) is 0 Å². The van der Waals surface area contributed by atoms with Crippen molar-refractivity contribution in [2.24, 2.45) is 0 Å². The smallest absolute Gasteiger partial charge is 0.308 e. The van der Waals surface area contributed by atoms with Crippen LogP contribution in [0.4, 0.5) is 5.69 Å². The fourth-order valence-electron chi connectivity index (χ4n) is 1.44. The number of aliphatic hydroxyl groups excluding tert-OH is 1. The van der Waals surface area contributed by atoms with E-state index in [4.69, 9.17) is 0 Å². The number of aliphatic hydroxyl groups is 1. The van der Waals surface area contributed by atoms with Gasteiger partial charge in [-0.15, -0.1) is 0 Å². The number of likely N-dealkylation sites (N-methyl/N-ethyl adjacent to an activating group) is 1. The minimum absolute atomic E-state index is 0.0215. The molecule has 0 radical (unpaired) electrons. The number of methoxy groups -OCH3 is 1. The van der Waals surface area contributed by atoms with Gasteiger partial charge in [-0.2, -0.15) is 0 Å². The van der Waals surface area contributed by atoms with Crippen LogP contribution in [-0.2, 0) is 9.53 Å². The number of hydrogen-bond acceptors (Lipinski definition) is 4. The number of nitrogens with zero attached hydrogens (tertiary/aromatic N) is 1. The normalized spacial score (nSPS) is 11.9. The van der Waals surface area contributed by atoms with Crippen molar-refractivity contribution in [2.45, 2.75) is 12.5 Å². The Balaban J connectivity index is 2.45. The maximum absolute atomic E-state index is 10.9. The van der Waals surface area contributed by atoms with Crippen LogP contribution in [0.1, 0.15) is 6.42 Å². The van der Waals surface area contributed by atoms with E-state index in [2.05, 4.69) is 4.74 Å². The molecule has 0 spiro atoms. The van der Waals surface area contributed by atoms with E-state index in [-0.39, 0.29) is 6.42 Å². The highest BCUT2D eigenvalue weighted by Crippen LogP contribution is 2.11. The Morgan fingerprint density at radius 3 is 2.62 bits per heavy atom. The summed E-state index contributed by atoms with van der Waals surface area (Å²) in [4.78, 5) is 12.8. The Labute approximate surface area is 95.5 Å². The molecule has 88 valence electrons. The molecule has 1 N–H and O–H groups in total. The van der Waals surface area contributed by atoms with Crippen LogP contribution in [0.2, 0.25) is 0 Å². The van der Waals surface area contributed by atoms with Gasteiger partial charge < -0.3 is 14.7 Å². The van der Waals surface area contributed by atoms with Crippen LogP contribution in [0.25, 0.3) is 0 Å². The minimum atomic E-state index is -0.711. The van der Waals surface area contributed by atoms with Crippen LogP contribution in [0.15, 0.2) is 30.3 Å². The second kappa shape index (κ2) is 6.12. The van der Waals surface area contributed by atoms with Gasteiger partial charge >= 0.3 is 5.97 Å². The van der Waals surface area contributed by atoms with Gasteiger partial charge in [0.05, 0.1) is 19.6 Å². The fourth-order valence-corrected chi connectivity index (χ4v) is 1.44. The molecule has 1 atom stereocenters. The largest absolute Gasteiger partial charge is 0.469 e. The summed E-state index contributed by atoms with van der Waals surface area (Å²) in [6.45, 7) is 0.402. The van der Waals surface area contributed by atoms with E-state index in [1.54, 1.807) is 0 Å². The van der Waals surface area contributed by atoms with E-state index in [0.717, 1.165) is 5.69 Å². The number of esters is 1. The molecule has 0 aliphatic rings. The van der Waals surface area contributed by atoms with Gasteiger partial charge in [-0.05, 0) is 12.1 Å². The van der Waals surface area contributed by atoms with E-state index < -0.39 is 12.1 Å². The Hall–Kier alpha value is -1.55. The van der Waals surface area contributed by atoms with E-state index in [1.165, 1.54) is 7.11 Å². The van der Waals surface area contributed by atoms with E-state index in [9.17, 15) is 9.90 Å². The first-order valence-corrected chi connectivity index (χ1v) is 5.14. The molecule has 1 unspecified atom stereocenters. The topological polar surface area (TPSA) is 49.8 Å². The zero-order valence-corrected chi connectivity index (χ0v) is 9.59. The molecule has 1 rings (SSSR count). The van der Waals surface area contributed by atoms with Gasteiger partial charge in [0.25, 0.3) is 0 Å². The molecule has 0 aromatic heterocycles. The van der Waals surface area contributed by atoms with Crippen LogP contribution in [-0.4, -0.2) is 37.9 Å². The number of hydrogen-bond donors (Lipinski definition) is 1. The quantitative estimate of drug-likeness (QED) is 0.758. The van der Waals surface area contributed by atoms with Crippen molar-refractivity contribution in [1.82, 2.24) is 0 Å². The average Bonchev–Trinajstić information content (AvgIpc) is 2.29. The van der Waals surface area contributed by atoms with Crippen molar-refractivity contribution in [1.29, 1.82) is 0 Å². The summed E-state index contributed by atoms with van der Waals surface area (Å²) in [5.41, 5.74) is 1.01. The second-order valence-electron chi connectivity index (χ2n) is 3.65. The lowest BCUT2D eigenvalue weighted by atomic mass is 10.2. The number of carbonyl (C=O) groups excluding carboxylic acids is 1. The Morgan fingerprint density at radius 1 is 1.44 bits per heavy atom. The predicted octanol–water partition coefficient (Wildman–Crippen LogP) is 1.05. The molecule has 0 bridgehead atoms. The van der Waals surface area contributed by atoms with Crippen LogP contribution in [0.5, 0.6) is 0 Å². The fraction of sp³-hybridized carbons (Fsp3) is 0.417. The standard InChI is InChI=1S/C12H17NO3/c1-13(10-6-4-3-5-7-10)9-11(14)8-12(15)16-2/h3-7,11,14H,8-9H2,1-2H3. The average molecular weight is 223 g/mol. The minimum Gasteiger partial charge on any atom is -0.469 e. The van der Waals surface area contributed by atoms with Crippen molar-refractivity contribution in [2.75, 3.05) is 25.6 Å². The third-order valence-corrected chi connectivity index (χ3v) is 2.31. The Kier molecular flexibility index (Phi) is 4.79. The maximum Gasteiger partial charge on any atom is 0.308 e. The van der Waals surface area contributed by atoms with Crippen molar-refractivity contribution < 1.29 is 14.6 Å². The molecule has 16 heavy (non-hydrogen) atoms. The molecule has 1 aromatic carbocycles. The molecule has 0 aliphatic heterocycles. The number of para-hydroxylation sites is 1. The molecule has 4 heteroatoms. The van der Waals surface area contributed by atoms with E-state index >= 15 is 0 Å². The number of rotatable bonds is 5. The van der Waals surface area contributed by atoms with Gasteiger partial charge in [-0.1, -0.05) is 18.2 Å². The predicted molar refractivity (Wildman–Crippen MR) is 62.4 cm³/mol. The SMILES string of the molecule is COC(=O)CC(O)CN(C)c1ccccc1. The number of ether oxygens (including phenoxy) is 1. The molecule has 0 aliphatic carbocycles. The summed E-state index contributed by atoms with van der Waals surface area (Å²) in [5.74, 6) is -0.394. The molecule has 0 saturated heterocycles. The highest BCUT2D eigenvalue weighted by atomic mass is 16.5. The van der Waals surface area contributed by atoms with Crippen LogP contribution >= 0.6 is 0 Å². The lowest BCUT2D eigenvalue weighted by molar-refractivity contribution is -0.142.